The fourth-order valence-corrected chi connectivity index (χ4v) is 2.64. The van der Waals surface area contributed by atoms with Crippen LogP contribution in [-0.4, -0.2) is 43.0 Å². The van der Waals surface area contributed by atoms with Crippen molar-refractivity contribution in [3.63, 3.8) is 0 Å². The molecular weight excluding hydrogens is 295 g/mol. The van der Waals surface area contributed by atoms with Crippen molar-refractivity contribution in [1.82, 2.24) is 14.7 Å². The predicted octanol–water partition coefficient (Wildman–Crippen LogP) is 2.45. The normalized spacial score (nSPS) is 26.6. The zero-order valence-corrected chi connectivity index (χ0v) is 11.2. The van der Waals surface area contributed by atoms with Crippen molar-refractivity contribution in [2.45, 2.75) is 31.6 Å². The number of rotatable bonds is 2. The minimum Gasteiger partial charge on any atom is -0.465 e. The third-order valence-corrected chi connectivity index (χ3v) is 3.66. The molecule has 1 amide bonds. The highest BCUT2D eigenvalue weighted by atomic mass is 35.5. The maximum absolute atomic E-state index is 14.6. The number of halogens is 2. The van der Waals surface area contributed by atoms with E-state index in [0.717, 1.165) is 15.8 Å². The van der Waals surface area contributed by atoms with Crippen molar-refractivity contribution in [1.29, 1.82) is 0 Å². The number of alkyl halides is 1. The number of hydrogen-bond donors (Lipinski definition) is 1. The van der Waals surface area contributed by atoms with E-state index in [0.29, 0.717) is 6.42 Å². The Morgan fingerprint density at radius 3 is 2.90 bits per heavy atom. The predicted molar refractivity (Wildman–Crippen MR) is 66.4 cm³/mol. The Kier molecular flexibility index (Phi) is 3.55. The van der Waals surface area contributed by atoms with Gasteiger partial charge in [0.05, 0.1) is 4.92 Å². The molecule has 0 spiro atoms. The van der Waals surface area contributed by atoms with E-state index in [1.165, 1.54) is 6.92 Å². The van der Waals surface area contributed by atoms with Gasteiger partial charge in [-0.2, -0.15) is 5.10 Å². The lowest BCUT2D eigenvalue weighted by Crippen LogP contribution is -2.51. The summed E-state index contributed by atoms with van der Waals surface area (Å²) in [6.45, 7) is 1.35. The number of aromatic nitrogens is 2. The van der Waals surface area contributed by atoms with Gasteiger partial charge in [-0.1, -0.05) is 11.6 Å². The van der Waals surface area contributed by atoms with Crippen LogP contribution in [0.2, 0.25) is 5.15 Å². The van der Waals surface area contributed by atoms with Crippen LogP contribution in [0.1, 0.15) is 25.9 Å². The van der Waals surface area contributed by atoms with Gasteiger partial charge in [0, 0.05) is 6.54 Å². The van der Waals surface area contributed by atoms with Gasteiger partial charge >= 0.3 is 11.8 Å². The SMILES string of the molecule is CC1(F)CCCN(C(=O)O)C1n1ncc([N+](=O)[O-])c1Cl. The standard InChI is InChI=1S/C10H12ClFN4O4/c1-10(12)3-2-4-14(9(17)18)8(10)15-7(11)6(5-13-15)16(19)20/h5,8H,2-4H2,1H3,(H,17,18). The molecule has 1 N–H and O–H groups in total. The highest BCUT2D eigenvalue weighted by molar-refractivity contribution is 6.31. The van der Waals surface area contributed by atoms with Gasteiger partial charge < -0.3 is 5.11 Å². The molecular formula is C10H12ClFN4O4. The molecule has 1 fully saturated rings. The number of nitrogens with zero attached hydrogens (tertiary/aromatic N) is 4. The molecule has 1 aromatic rings. The molecule has 2 rings (SSSR count). The molecule has 8 nitrogen and oxygen atoms in total. The molecule has 2 heterocycles. The van der Waals surface area contributed by atoms with E-state index in [9.17, 15) is 19.3 Å². The Hall–Kier alpha value is -1.90. The smallest absolute Gasteiger partial charge is 0.409 e. The molecule has 0 radical (unpaired) electrons. The van der Waals surface area contributed by atoms with Crippen LogP contribution in [0.5, 0.6) is 0 Å². The number of amides is 1. The summed E-state index contributed by atoms with van der Waals surface area (Å²) in [5.41, 5.74) is -2.40. The molecule has 2 atom stereocenters. The zero-order chi connectivity index (χ0) is 15.1. The minimum absolute atomic E-state index is 0.115. The first-order valence-corrected chi connectivity index (χ1v) is 6.19. The van der Waals surface area contributed by atoms with Crippen molar-refractivity contribution in [2.24, 2.45) is 0 Å². The molecule has 0 saturated carbocycles. The summed E-state index contributed by atoms with van der Waals surface area (Å²) in [4.78, 5) is 22.1. The maximum Gasteiger partial charge on any atom is 0.409 e. The van der Waals surface area contributed by atoms with E-state index >= 15 is 0 Å². The minimum atomic E-state index is -1.92. The van der Waals surface area contributed by atoms with Crippen LogP contribution in [0.15, 0.2) is 6.20 Å². The molecule has 2 unspecified atom stereocenters. The molecule has 0 aromatic carbocycles. The van der Waals surface area contributed by atoms with E-state index in [2.05, 4.69) is 5.10 Å². The highest BCUT2D eigenvalue weighted by Crippen LogP contribution is 2.41. The third-order valence-electron chi connectivity index (χ3n) is 3.29. The van der Waals surface area contributed by atoms with E-state index < -0.39 is 33.7 Å². The van der Waals surface area contributed by atoms with E-state index in [1.807, 2.05) is 0 Å². The van der Waals surface area contributed by atoms with Crippen molar-refractivity contribution >= 4 is 23.4 Å². The number of nitro groups is 1. The molecule has 0 bridgehead atoms. The first kappa shape index (κ1) is 14.5. The molecule has 10 heteroatoms. The molecule has 1 aromatic heterocycles. The fraction of sp³-hybridized carbons (Fsp3) is 0.600. The Bertz CT molecular complexity index is 561. The summed E-state index contributed by atoms with van der Waals surface area (Å²) in [6.07, 6.45) is -1.29. The topological polar surface area (TPSA) is 102 Å². The number of likely N-dealkylation sites (tertiary alicyclic amines) is 1. The average molecular weight is 307 g/mol. The van der Waals surface area contributed by atoms with Crippen molar-refractivity contribution < 1.29 is 19.2 Å². The van der Waals surface area contributed by atoms with Gasteiger partial charge in [-0.05, 0) is 19.8 Å². The average Bonchev–Trinajstić information content (AvgIpc) is 2.69. The summed E-state index contributed by atoms with van der Waals surface area (Å²) in [5.74, 6) is 0. The zero-order valence-electron chi connectivity index (χ0n) is 10.5. The lowest BCUT2D eigenvalue weighted by molar-refractivity contribution is -0.384. The van der Waals surface area contributed by atoms with Crippen molar-refractivity contribution in [3.8, 4) is 0 Å². The summed E-state index contributed by atoms with van der Waals surface area (Å²) < 4.78 is 15.5. The molecule has 1 saturated heterocycles. The Labute approximate surface area is 117 Å². The fourth-order valence-electron chi connectivity index (χ4n) is 2.39. The second-order valence-electron chi connectivity index (χ2n) is 4.75. The maximum atomic E-state index is 14.6. The number of carbonyl (C=O) groups is 1. The molecule has 1 aliphatic rings. The summed E-state index contributed by atoms with van der Waals surface area (Å²) in [7, 11) is 0. The van der Waals surface area contributed by atoms with Crippen LogP contribution < -0.4 is 0 Å². The second-order valence-corrected chi connectivity index (χ2v) is 5.11. The van der Waals surface area contributed by atoms with Gasteiger partial charge in [-0.25, -0.2) is 13.9 Å². The van der Waals surface area contributed by atoms with Gasteiger partial charge in [0.1, 0.15) is 11.9 Å². The van der Waals surface area contributed by atoms with Gasteiger partial charge in [-0.15, -0.1) is 0 Å². The molecule has 20 heavy (non-hydrogen) atoms. The van der Waals surface area contributed by atoms with Gasteiger partial charge in [-0.3, -0.25) is 15.0 Å². The number of piperidine rings is 1. The van der Waals surface area contributed by atoms with Crippen LogP contribution in [-0.2, 0) is 0 Å². The second kappa shape index (κ2) is 4.89. The lowest BCUT2D eigenvalue weighted by Gasteiger charge is -2.41. The number of hydrogen-bond acceptors (Lipinski definition) is 4. The van der Waals surface area contributed by atoms with Gasteiger partial charge in [0.15, 0.2) is 6.17 Å². The van der Waals surface area contributed by atoms with E-state index in [1.54, 1.807) is 0 Å². The molecule has 1 aliphatic heterocycles. The quantitative estimate of drug-likeness (QED) is 0.668. The third kappa shape index (κ3) is 2.28. The van der Waals surface area contributed by atoms with Crippen LogP contribution in [0.25, 0.3) is 0 Å². The van der Waals surface area contributed by atoms with Crippen molar-refractivity contribution in [2.75, 3.05) is 6.54 Å². The Balaban J connectivity index is 2.50. The van der Waals surface area contributed by atoms with Crippen molar-refractivity contribution in [3.05, 3.63) is 21.5 Å². The molecule has 0 aliphatic carbocycles. The Morgan fingerprint density at radius 2 is 2.40 bits per heavy atom. The van der Waals surface area contributed by atoms with Crippen LogP contribution in [0.4, 0.5) is 14.9 Å². The molecule has 110 valence electrons. The van der Waals surface area contributed by atoms with Gasteiger partial charge in [0.25, 0.3) is 0 Å². The first-order chi connectivity index (χ1) is 9.25. The first-order valence-electron chi connectivity index (χ1n) is 5.81. The van der Waals surface area contributed by atoms with Crippen LogP contribution in [0.3, 0.4) is 0 Å². The van der Waals surface area contributed by atoms with Crippen LogP contribution in [0, 0.1) is 10.1 Å². The lowest BCUT2D eigenvalue weighted by atomic mass is 9.93. The summed E-state index contributed by atoms with van der Waals surface area (Å²) >= 11 is 5.82. The van der Waals surface area contributed by atoms with E-state index in [4.69, 9.17) is 16.7 Å². The van der Waals surface area contributed by atoms with Crippen LogP contribution >= 0.6 is 11.6 Å². The summed E-state index contributed by atoms with van der Waals surface area (Å²) in [5, 5.41) is 23.2. The largest absolute Gasteiger partial charge is 0.465 e. The highest BCUT2D eigenvalue weighted by Gasteiger charge is 2.47. The monoisotopic (exact) mass is 306 g/mol. The summed E-state index contributed by atoms with van der Waals surface area (Å²) in [6, 6.07) is 0. The van der Waals surface area contributed by atoms with E-state index in [-0.39, 0.29) is 13.0 Å². The number of carboxylic acid groups (broad SMARTS) is 1. The Morgan fingerprint density at radius 1 is 1.75 bits per heavy atom. The van der Waals surface area contributed by atoms with Gasteiger partial charge in [0.2, 0.25) is 5.15 Å².